The Kier molecular flexibility index (Phi) is 6.12. The van der Waals surface area contributed by atoms with E-state index in [0.717, 1.165) is 17.0 Å². The topological polar surface area (TPSA) is 99.5 Å². The van der Waals surface area contributed by atoms with Gasteiger partial charge in [-0.05, 0) is 38.1 Å². The Hall–Kier alpha value is -3.42. The third-order valence-corrected chi connectivity index (χ3v) is 4.01. The van der Waals surface area contributed by atoms with E-state index in [4.69, 9.17) is 0 Å². The fraction of sp³-hybridized carbons (Fsp3) is 0.263. The van der Waals surface area contributed by atoms with Gasteiger partial charge in [-0.3, -0.25) is 9.48 Å². The number of benzene rings is 1. The molecule has 1 aromatic carbocycles. The van der Waals surface area contributed by atoms with E-state index < -0.39 is 17.8 Å². The minimum Gasteiger partial charge on any atom is -0.465 e. The molecular weight excluding hydrogens is 350 g/mol. The molecule has 0 spiro atoms. The molecule has 1 heterocycles. The monoisotopic (exact) mass is 371 g/mol. The van der Waals surface area contributed by atoms with Crippen LogP contribution in [-0.2, 0) is 21.3 Å². The second kappa shape index (κ2) is 8.31. The largest absolute Gasteiger partial charge is 0.465 e. The number of rotatable bonds is 5. The number of ether oxygens (including phenoxy) is 2. The molecule has 142 valence electrons. The van der Waals surface area contributed by atoms with Crippen LogP contribution in [0.4, 0.5) is 5.69 Å². The highest BCUT2D eigenvalue weighted by molar-refractivity contribution is 6.04. The summed E-state index contributed by atoms with van der Waals surface area (Å²) in [7, 11) is 4.28. The van der Waals surface area contributed by atoms with E-state index in [1.165, 1.54) is 38.5 Å². The summed E-state index contributed by atoms with van der Waals surface area (Å²) in [5.74, 6) is -1.68. The smallest absolute Gasteiger partial charge is 0.337 e. The van der Waals surface area contributed by atoms with Crippen LogP contribution in [0.25, 0.3) is 6.08 Å². The second-order valence-corrected chi connectivity index (χ2v) is 5.81. The average molecular weight is 371 g/mol. The van der Waals surface area contributed by atoms with Gasteiger partial charge >= 0.3 is 11.9 Å². The lowest BCUT2D eigenvalue weighted by atomic mass is 10.1. The van der Waals surface area contributed by atoms with Gasteiger partial charge in [-0.15, -0.1) is 0 Å². The second-order valence-electron chi connectivity index (χ2n) is 5.81. The lowest BCUT2D eigenvalue weighted by Gasteiger charge is -2.08. The van der Waals surface area contributed by atoms with Crippen molar-refractivity contribution in [2.75, 3.05) is 19.5 Å². The van der Waals surface area contributed by atoms with Crippen molar-refractivity contribution in [1.82, 2.24) is 9.78 Å². The number of esters is 2. The van der Waals surface area contributed by atoms with E-state index in [1.807, 2.05) is 20.9 Å². The van der Waals surface area contributed by atoms with Gasteiger partial charge in [0.2, 0.25) is 5.91 Å². The number of anilines is 1. The summed E-state index contributed by atoms with van der Waals surface area (Å²) in [5.41, 5.74) is 3.10. The van der Waals surface area contributed by atoms with Crippen LogP contribution >= 0.6 is 0 Å². The van der Waals surface area contributed by atoms with Crippen molar-refractivity contribution in [2.45, 2.75) is 13.8 Å². The summed E-state index contributed by atoms with van der Waals surface area (Å²) in [6, 6.07) is 4.18. The molecule has 0 bridgehead atoms. The summed E-state index contributed by atoms with van der Waals surface area (Å²) in [6.07, 6.45) is 3.03. The number of carbonyl (C=O) groups is 3. The van der Waals surface area contributed by atoms with Crippen LogP contribution in [0.1, 0.15) is 37.7 Å². The van der Waals surface area contributed by atoms with Gasteiger partial charge in [0.15, 0.2) is 0 Å². The zero-order chi connectivity index (χ0) is 20.1. The molecule has 0 fully saturated rings. The van der Waals surface area contributed by atoms with Gasteiger partial charge in [0, 0.05) is 30.1 Å². The van der Waals surface area contributed by atoms with Crippen molar-refractivity contribution in [3.8, 4) is 0 Å². The number of aryl methyl sites for hydroxylation is 2. The molecule has 1 N–H and O–H groups in total. The maximum absolute atomic E-state index is 12.3. The highest BCUT2D eigenvalue weighted by Crippen LogP contribution is 2.18. The first-order chi connectivity index (χ1) is 12.8. The van der Waals surface area contributed by atoms with Crippen LogP contribution in [0.3, 0.4) is 0 Å². The highest BCUT2D eigenvalue weighted by Gasteiger charge is 2.14. The number of nitrogens with zero attached hydrogens (tertiary/aromatic N) is 2. The number of methoxy groups -OCH3 is 2. The van der Waals surface area contributed by atoms with E-state index in [-0.39, 0.29) is 16.8 Å². The molecule has 27 heavy (non-hydrogen) atoms. The van der Waals surface area contributed by atoms with Crippen LogP contribution in [0, 0.1) is 13.8 Å². The van der Waals surface area contributed by atoms with Gasteiger partial charge in [0.1, 0.15) is 0 Å². The summed E-state index contributed by atoms with van der Waals surface area (Å²) in [5, 5.41) is 6.91. The molecule has 8 heteroatoms. The summed E-state index contributed by atoms with van der Waals surface area (Å²) in [6.45, 7) is 3.76. The molecule has 2 aromatic rings. The first-order valence-electron chi connectivity index (χ1n) is 8.07. The minimum atomic E-state index is -0.631. The van der Waals surface area contributed by atoms with E-state index in [9.17, 15) is 14.4 Å². The van der Waals surface area contributed by atoms with Gasteiger partial charge < -0.3 is 14.8 Å². The Bertz CT molecular complexity index is 893. The summed E-state index contributed by atoms with van der Waals surface area (Å²) >= 11 is 0. The number of aromatic nitrogens is 2. The maximum atomic E-state index is 12.3. The Morgan fingerprint density at radius 2 is 1.59 bits per heavy atom. The number of carbonyl (C=O) groups excluding carboxylic acids is 3. The average Bonchev–Trinajstić information content (AvgIpc) is 2.89. The van der Waals surface area contributed by atoms with Gasteiger partial charge in [-0.2, -0.15) is 5.10 Å². The quantitative estimate of drug-likeness (QED) is 0.639. The summed E-state index contributed by atoms with van der Waals surface area (Å²) in [4.78, 5) is 35.8. The fourth-order valence-corrected chi connectivity index (χ4v) is 2.55. The molecule has 2 rings (SSSR count). The zero-order valence-corrected chi connectivity index (χ0v) is 15.8. The third kappa shape index (κ3) is 4.60. The van der Waals surface area contributed by atoms with Crippen LogP contribution in [0.2, 0.25) is 0 Å². The summed E-state index contributed by atoms with van der Waals surface area (Å²) < 4.78 is 11.1. The van der Waals surface area contributed by atoms with Gasteiger partial charge in [0.25, 0.3) is 0 Å². The molecule has 0 unspecified atom stereocenters. The zero-order valence-electron chi connectivity index (χ0n) is 15.8. The number of hydrogen-bond donors (Lipinski definition) is 1. The normalized spacial score (nSPS) is 10.7. The molecule has 1 amide bonds. The van der Waals surface area contributed by atoms with Crippen LogP contribution in [0.5, 0.6) is 0 Å². The van der Waals surface area contributed by atoms with Crippen molar-refractivity contribution in [1.29, 1.82) is 0 Å². The molecule has 0 saturated carbocycles. The van der Waals surface area contributed by atoms with Crippen molar-refractivity contribution in [3.63, 3.8) is 0 Å². The Labute approximate surface area is 156 Å². The number of hydrogen-bond acceptors (Lipinski definition) is 6. The molecule has 8 nitrogen and oxygen atoms in total. The van der Waals surface area contributed by atoms with Crippen molar-refractivity contribution in [2.24, 2.45) is 7.05 Å². The number of amides is 1. The van der Waals surface area contributed by atoms with E-state index >= 15 is 0 Å². The first-order valence-corrected chi connectivity index (χ1v) is 8.07. The van der Waals surface area contributed by atoms with Crippen LogP contribution < -0.4 is 5.32 Å². The Balaban J connectivity index is 2.27. The van der Waals surface area contributed by atoms with Crippen molar-refractivity contribution in [3.05, 3.63) is 52.4 Å². The first kappa shape index (κ1) is 19.9. The standard InChI is InChI=1S/C19H21N3O5/c1-11-16(12(2)22(3)21-11)6-7-17(23)20-15-9-13(18(24)26-4)8-14(10-15)19(25)27-5/h6-10H,1-5H3,(H,20,23). The predicted octanol–water partition coefficient (Wildman–Crippen LogP) is 2.26. The van der Waals surface area contributed by atoms with E-state index in [0.29, 0.717) is 0 Å². The Morgan fingerprint density at radius 3 is 2.04 bits per heavy atom. The Morgan fingerprint density at radius 1 is 1.04 bits per heavy atom. The van der Waals surface area contributed by atoms with Gasteiger partial charge in [-0.1, -0.05) is 0 Å². The molecular formula is C19H21N3O5. The predicted molar refractivity (Wildman–Crippen MR) is 99.5 cm³/mol. The SMILES string of the molecule is COC(=O)c1cc(NC(=O)C=Cc2c(C)nn(C)c2C)cc(C(=O)OC)c1. The molecule has 0 aliphatic rings. The highest BCUT2D eigenvalue weighted by atomic mass is 16.5. The minimum absolute atomic E-state index is 0.124. The number of nitrogens with one attached hydrogen (secondary N) is 1. The molecule has 0 atom stereocenters. The van der Waals surface area contributed by atoms with E-state index in [1.54, 1.807) is 10.8 Å². The molecule has 0 radical (unpaired) electrons. The fourth-order valence-electron chi connectivity index (χ4n) is 2.55. The van der Waals surface area contributed by atoms with Crippen LogP contribution in [0.15, 0.2) is 24.3 Å². The molecule has 0 aliphatic carbocycles. The van der Waals surface area contributed by atoms with Crippen molar-refractivity contribution >= 4 is 29.6 Å². The lowest BCUT2D eigenvalue weighted by Crippen LogP contribution is -2.12. The van der Waals surface area contributed by atoms with Gasteiger partial charge in [0.05, 0.1) is 31.0 Å². The maximum Gasteiger partial charge on any atom is 0.337 e. The molecule has 0 aliphatic heterocycles. The van der Waals surface area contributed by atoms with Gasteiger partial charge in [-0.25, -0.2) is 9.59 Å². The van der Waals surface area contributed by atoms with Crippen molar-refractivity contribution < 1.29 is 23.9 Å². The molecule has 1 aromatic heterocycles. The lowest BCUT2D eigenvalue weighted by molar-refractivity contribution is -0.111. The van der Waals surface area contributed by atoms with E-state index in [2.05, 4.69) is 19.9 Å². The third-order valence-electron chi connectivity index (χ3n) is 4.01. The van der Waals surface area contributed by atoms with Crippen LogP contribution in [-0.4, -0.2) is 41.8 Å². The molecule has 0 saturated heterocycles.